The minimum absolute atomic E-state index is 0.269. The Morgan fingerprint density at radius 2 is 1.91 bits per heavy atom. The SMILES string of the molecule is Bc1ccc(OC2CN(Cc3ccc(C(C)C)cc3)C2)nc1. The van der Waals surface area contributed by atoms with E-state index in [0.717, 1.165) is 31.0 Å². The molecule has 22 heavy (non-hydrogen) atoms. The first-order chi connectivity index (χ1) is 10.6. The van der Waals surface area contributed by atoms with E-state index in [-0.39, 0.29) is 6.10 Å². The van der Waals surface area contributed by atoms with Crippen LogP contribution in [0.25, 0.3) is 0 Å². The highest BCUT2D eigenvalue weighted by molar-refractivity contribution is 6.32. The van der Waals surface area contributed by atoms with Crippen LogP contribution < -0.4 is 10.2 Å². The van der Waals surface area contributed by atoms with Crippen LogP contribution in [0.4, 0.5) is 0 Å². The minimum atomic E-state index is 0.269. The highest BCUT2D eigenvalue weighted by Gasteiger charge is 2.28. The zero-order chi connectivity index (χ0) is 15.5. The maximum absolute atomic E-state index is 5.87. The van der Waals surface area contributed by atoms with Gasteiger partial charge in [-0.3, -0.25) is 4.90 Å². The zero-order valence-electron chi connectivity index (χ0n) is 13.6. The summed E-state index contributed by atoms with van der Waals surface area (Å²) >= 11 is 0. The van der Waals surface area contributed by atoms with Gasteiger partial charge in [-0.25, -0.2) is 4.98 Å². The Hall–Kier alpha value is -1.81. The molecule has 0 saturated carbocycles. The van der Waals surface area contributed by atoms with E-state index >= 15 is 0 Å². The maximum atomic E-state index is 5.87. The topological polar surface area (TPSA) is 25.4 Å². The van der Waals surface area contributed by atoms with E-state index in [1.54, 1.807) is 0 Å². The molecule has 2 aromatic rings. The van der Waals surface area contributed by atoms with Gasteiger partial charge in [0.1, 0.15) is 14.0 Å². The van der Waals surface area contributed by atoms with Crippen molar-refractivity contribution in [1.29, 1.82) is 0 Å². The number of likely N-dealkylation sites (tertiary alicyclic amines) is 1. The van der Waals surface area contributed by atoms with Gasteiger partial charge in [-0.2, -0.15) is 0 Å². The van der Waals surface area contributed by atoms with E-state index in [4.69, 9.17) is 4.74 Å². The molecule has 0 bridgehead atoms. The summed E-state index contributed by atoms with van der Waals surface area (Å²) < 4.78 is 5.87. The number of rotatable bonds is 5. The molecule has 1 aromatic heterocycles. The van der Waals surface area contributed by atoms with Crippen molar-refractivity contribution in [3.05, 3.63) is 53.7 Å². The lowest BCUT2D eigenvalue weighted by Crippen LogP contribution is -2.53. The van der Waals surface area contributed by atoms with Gasteiger partial charge in [0.2, 0.25) is 5.88 Å². The fraction of sp³-hybridized carbons (Fsp3) is 0.389. The molecule has 2 heterocycles. The summed E-state index contributed by atoms with van der Waals surface area (Å²) in [4.78, 5) is 6.70. The lowest BCUT2D eigenvalue weighted by Gasteiger charge is -2.38. The van der Waals surface area contributed by atoms with Crippen LogP contribution in [0.2, 0.25) is 0 Å². The van der Waals surface area contributed by atoms with Crippen LogP contribution >= 0.6 is 0 Å². The van der Waals surface area contributed by atoms with Crippen LogP contribution in [-0.4, -0.2) is 36.9 Å². The first-order valence-electron chi connectivity index (χ1n) is 8.00. The van der Waals surface area contributed by atoms with Crippen LogP contribution in [0.5, 0.6) is 5.88 Å². The predicted molar refractivity (Wildman–Crippen MR) is 92.6 cm³/mol. The summed E-state index contributed by atoms with van der Waals surface area (Å²) in [5, 5.41) is 0. The van der Waals surface area contributed by atoms with Crippen molar-refractivity contribution >= 4 is 13.3 Å². The Labute approximate surface area is 133 Å². The average Bonchev–Trinajstić information content (AvgIpc) is 2.47. The van der Waals surface area contributed by atoms with Crippen molar-refractivity contribution in [2.24, 2.45) is 0 Å². The lowest BCUT2D eigenvalue weighted by molar-refractivity contribution is 0.0119. The highest BCUT2D eigenvalue weighted by atomic mass is 16.5. The Bertz CT molecular complexity index is 604. The molecular formula is C18H23BN2O. The number of pyridine rings is 1. The number of benzene rings is 1. The van der Waals surface area contributed by atoms with Gasteiger partial charge in [-0.05, 0) is 23.1 Å². The fourth-order valence-electron chi connectivity index (χ4n) is 2.69. The average molecular weight is 294 g/mol. The molecule has 3 nitrogen and oxygen atoms in total. The van der Waals surface area contributed by atoms with Crippen molar-refractivity contribution < 1.29 is 4.74 Å². The first kappa shape index (κ1) is 15.1. The second kappa shape index (κ2) is 6.53. The van der Waals surface area contributed by atoms with Crippen LogP contribution in [0, 0.1) is 0 Å². The second-order valence-corrected chi connectivity index (χ2v) is 6.50. The highest BCUT2D eigenvalue weighted by Crippen LogP contribution is 2.20. The van der Waals surface area contributed by atoms with Crippen molar-refractivity contribution in [3.63, 3.8) is 0 Å². The molecule has 0 amide bonds. The molecule has 1 aromatic carbocycles. The molecule has 0 spiro atoms. The van der Waals surface area contributed by atoms with Gasteiger partial charge in [0.25, 0.3) is 0 Å². The first-order valence-corrected chi connectivity index (χ1v) is 8.00. The molecule has 1 aliphatic rings. The normalized spacial score (nSPS) is 15.8. The monoisotopic (exact) mass is 294 g/mol. The van der Waals surface area contributed by atoms with Crippen LogP contribution in [-0.2, 0) is 6.54 Å². The van der Waals surface area contributed by atoms with Gasteiger partial charge < -0.3 is 4.74 Å². The number of aromatic nitrogens is 1. The molecule has 0 aliphatic carbocycles. The summed E-state index contributed by atoms with van der Waals surface area (Å²) in [7, 11) is 2.03. The molecule has 1 saturated heterocycles. The second-order valence-electron chi connectivity index (χ2n) is 6.50. The fourth-order valence-corrected chi connectivity index (χ4v) is 2.69. The number of nitrogens with zero attached hydrogens (tertiary/aromatic N) is 2. The van der Waals surface area contributed by atoms with E-state index in [9.17, 15) is 0 Å². The van der Waals surface area contributed by atoms with Crippen molar-refractivity contribution in [3.8, 4) is 5.88 Å². The summed E-state index contributed by atoms with van der Waals surface area (Å²) in [5.41, 5.74) is 3.93. The molecule has 0 N–H and O–H groups in total. The van der Waals surface area contributed by atoms with E-state index in [1.807, 2.05) is 26.2 Å². The van der Waals surface area contributed by atoms with E-state index < -0.39 is 0 Å². The van der Waals surface area contributed by atoms with Crippen LogP contribution in [0.1, 0.15) is 30.9 Å². The quantitative estimate of drug-likeness (QED) is 0.785. The third-order valence-electron chi connectivity index (χ3n) is 4.15. The van der Waals surface area contributed by atoms with Gasteiger partial charge in [-0.1, -0.05) is 49.6 Å². The molecule has 114 valence electrons. The van der Waals surface area contributed by atoms with Crippen molar-refractivity contribution in [1.82, 2.24) is 9.88 Å². The zero-order valence-corrected chi connectivity index (χ0v) is 13.6. The summed E-state index contributed by atoms with van der Waals surface area (Å²) in [6, 6.07) is 12.9. The molecule has 0 unspecified atom stereocenters. The molecule has 3 rings (SSSR count). The van der Waals surface area contributed by atoms with Crippen LogP contribution in [0.3, 0.4) is 0 Å². The summed E-state index contributed by atoms with van der Waals surface area (Å²) in [5.74, 6) is 1.33. The van der Waals surface area contributed by atoms with E-state index in [2.05, 4.69) is 48.0 Å². The van der Waals surface area contributed by atoms with Gasteiger partial charge in [-0.15, -0.1) is 0 Å². The Morgan fingerprint density at radius 3 is 2.50 bits per heavy atom. The van der Waals surface area contributed by atoms with Gasteiger partial charge >= 0.3 is 0 Å². The number of ether oxygens (including phenoxy) is 1. The standard InChI is InChI=1S/C18H23BN2O/c1-13(2)15-5-3-14(4-6-15)10-21-11-17(12-21)22-18-8-7-16(19)9-20-18/h3-9,13,17H,10-12,19H2,1-2H3. The van der Waals surface area contributed by atoms with E-state index in [0.29, 0.717) is 5.92 Å². The third-order valence-corrected chi connectivity index (χ3v) is 4.15. The maximum Gasteiger partial charge on any atom is 0.213 e. The molecular weight excluding hydrogens is 271 g/mol. The van der Waals surface area contributed by atoms with E-state index in [1.165, 1.54) is 11.1 Å². The lowest BCUT2D eigenvalue weighted by atomic mass is 9.99. The summed E-state index contributed by atoms with van der Waals surface area (Å²) in [6.07, 6.45) is 2.12. The van der Waals surface area contributed by atoms with Gasteiger partial charge in [0.05, 0.1) is 0 Å². The van der Waals surface area contributed by atoms with Gasteiger partial charge in [0.15, 0.2) is 0 Å². The minimum Gasteiger partial charge on any atom is -0.472 e. The third kappa shape index (κ3) is 3.69. The smallest absolute Gasteiger partial charge is 0.213 e. The molecule has 4 heteroatoms. The predicted octanol–water partition coefficient (Wildman–Crippen LogP) is 1.73. The molecule has 1 aliphatic heterocycles. The largest absolute Gasteiger partial charge is 0.472 e. The van der Waals surface area contributed by atoms with Gasteiger partial charge in [0, 0.05) is 25.8 Å². The van der Waals surface area contributed by atoms with Crippen LogP contribution in [0.15, 0.2) is 42.6 Å². The molecule has 0 atom stereocenters. The van der Waals surface area contributed by atoms with Crippen molar-refractivity contribution in [2.75, 3.05) is 13.1 Å². The number of hydrogen-bond acceptors (Lipinski definition) is 3. The summed E-state index contributed by atoms with van der Waals surface area (Å²) in [6.45, 7) is 7.40. The Kier molecular flexibility index (Phi) is 4.48. The molecule has 1 fully saturated rings. The molecule has 0 radical (unpaired) electrons. The number of hydrogen-bond donors (Lipinski definition) is 0. The Balaban J connectivity index is 1.46. The Morgan fingerprint density at radius 1 is 1.18 bits per heavy atom. The van der Waals surface area contributed by atoms with Crippen molar-refractivity contribution in [2.45, 2.75) is 32.4 Å².